The van der Waals surface area contributed by atoms with Gasteiger partial charge in [-0.2, -0.15) is 0 Å². The number of carbonyl (C=O) groups excluding carboxylic acids is 2. The van der Waals surface area contributed by atoms with Gasteiger partial charge in [-0.3, -0.25) is 14.5 Å². The quantitative estimate of drug-likeness (QED) is 0.461. The molecule has 18 heavy (non-hydrogen) atoms. The lowest BCUT2D eigenvalue weighted by atomic mass is 10.2. The molecule has 0 aromatic carbocycles. The van der Waals surface area contributed by atoms with Gasteiger partial charge < -0.3 is 20.9 Å². The number of ether oxygens (including phenoxy) is 1. The third kappa shape index (κ3) is 5.95. The Hall–Kier alpha value is -1.18. The number of rotatable bonds is 7. The molecular formula is C11H21N3O4. The van der Waals surface area contributed by atoms with Gasteiger partial charge in [0.15, 0.2) is 0 Å². The monoisotopic (exact) mass is 259 g/mol. The second-order valence-corrected chi connectivity index (χ2v) is 4.30. The molecule has 0 bridgehead atoms. The number of hydrogen-bond acceptors (Lipinski definition) is 5. The molecule has 1 heterocycles. The molecule has 0 radical (unpaired) electrons. The predicted octanol–water partition coefficient (Wildman–Crippen LogP) is -1.94. The normalized spacial score (nSPS) is 18.3. The highest BCUT2D eigenvalue weighted by atomic mass is 16.5. The number of morpholine rings is 1. The van der Waals surface area contributed by atoms with Crippen LogP contribution in [-0.2, 0) is 14.3 Å². The molecule has 7 heteroatoms. The van der Waals surface area contributed by atoms with Crippen LogP contribution in [0.2, 0.25) is 0 Å². The van der Waals surface area contributed by atoms with Gasteiger partial charge in [0.2, 0.25) is 11.8 Å². The van der Waals surface area contributed by atoms with Crippen LogP contribution in [0, 0.1) is 0 Å². The van der Waals surface area contributed by atoms with Crippen molar-refractivity contribution in [1.29, 1.82) is 0 Å². The molecule has 1 fully saturated rings. The van der Waals surface area contributed by atoms with Crippen LogP contribution in [0.4, 0.5) is 0 Å². The topological polar surface area (TPSA) is 105 Å². The first-order valence-electron chi connectivity index (χ1n) is 6.14. The minimum absolute atomic E-state index is 0.0505. The molecule has 7 nitrogen and oxygen atoms in total. The van der Waals surface area contributed by atoms with E-state index < -0.39 is 12.0 Å². The van der Waals surface area contributed by atoms with Crippen LogP contribution < -0.4 is 11.1 Å². The number of amides is 2. The molecular weight excluding hydrogens is 238 g/mol. The highest BCUT2D eigenvalue weighted by Crippen LogP contribution is 1.97. The molecule has 104 valence electrons. The van der Waals surface area contributed by atoms with Gasteiger partial charge in [-0.25, -0.2) is 0 Å². The van der Waals surface area contributed by atoms with E-state index in [1.807, 2.05) is 4.90 Å². The predicted molar refractivity (Wildman–Crippen MR) is 64.7 cm³/mol. The van der Waals surface area contributed by atoms with Gasteiger partial charge in [-0.15, -0.1) is 0 Å². The summed E-state index contributed by atoms with van der Waals surface area (Å²) in [5.41, 5.74) is 4.91. The van der Waals surface area contributed by atoms with E-state index in [0.717, 1.165) is 13.1 Å². The van der Waals surface area contributed by atoms with E-state index in [0.29, 0.717) is 32.7 Å². The molecule has 1 saturated heterocycles. The highest BCUT2D eigenvalue weighted by molar-refractivity contribution is 5.78. The van der Waals surface area contributed by atoms with Crippen LogP contribution in [-0.4, -0.2) is 67.3 Å². The maximum absolute atomic E-state index is 11.5. The Morgan fingerprint density at radius 3 is 2.67 bits per heavy atom. The molecule has 1 aliphatic rings. The van der Waals surface area contributed by atoms with Crippen LogP contribution in [0.3, 0.4) is 0 Å². The van der Waals surface area contributed by atoms with E-state index in [9.17, 15) is 9.59 Å². The lowest BCUT2D eigenvalue weighted by molar-refractivity contribution is -0.126. The van der Waals surface area contributed by atoms with Crippen molar-refractivity contribution in [2.24, 2.45) is 5.73 Å². The first-order chi connectivity index (χ1) is 8.59. The van der Waals surface area contributed by atoms with Crippen molar-refractivity contribution in [3.63, 3.8) is 0 Å². The molecule has 1 unspecified atom stereocenters. The number of aliphatic hydroxyl groups is 1. The van der Waals surface area contributed by atoms with E-state index in [1.54, 1.807) is 0 Å². The highest BCUT2D eigenvalue weighted by Gasteiger charge is 2.14. The smallest absolute Gasteiger partial charge is 0.246 e. The maximum atomic E-state index is 11.5. The Morgan fingerprint density at radius 1 is 1.39 bits per heavy atom. The first-order valence-corrected chi connectivity index (χ1v) is 6.14. The number of primary amides is 1. The van der Waals surface area contributed by atoms with Crippen molar-refractivity contribution in [1.82, 2.24) is 10.2 Å². The first kappa shape index (κ1) is 14.9. The number of carbonyl (C=O) groups is 2. The second-order valence-electron chi connectivity index (χ2n) is 4.30. The Bertz CT molecular complexity index is 279. The summed E-state index contributed by atoms with van der Waals surface area (Å²) in [5.74, 6) is -0.778. The van der Waals surface area contributed by atoms with Gasteiger partial charge in [0, 0.05) is 19.6 Å². The van der Waals surface area contributed by atoms with Crippen LogP contribution >= 0.6 is 0 Å². The van der Waals surface area contributed by atoms with E-state index in [4.69, 9.17) is 15.6 Å². The number of nitrogens with two attached hydrogens (primary N) is 1. The molecule has 0 saturated carbocycles. The van der Waals surface area contributed by atoms with E-state index >= 15 is 0 Å². The van der Waals surface area contributed by atoms with Gasteiger partial charge in [0.05, 0.1) is 19.8 Å². The number of hydrogen-bond donors (Lipinski definition) is 3. The average Bonchev–Trinajstić information content (AvgIpc) is 2.35. The molecule has 0 aromatic rings. The minimum Gasteiger partial charge on any atom is -0.383 e. The van der Waals surface area contributed by atoms with E-state index in [1.165, 1.54) is 0 Å². The van der Waals surface area contributed by atoms with Crippen molar-refractivity contribution >= 4 is 11.8 Å². The van der Waals surface area contributed by atoms with Gasteiger partial charge in [0.1, 0.15) is 6.10 Å². The molecule has 1 rings (SSSR count). The van der Waals surface area contributed by atoms with Crippen LogP contribution in [0.25, 0.3) is 0 Å². The SMILES string of the molecule is NC(=O)C(O)CCCNC(=O)CN1CCOCC1. The molecule has 0 aromatic heterocycles. The minimum atomic E-state index is -1.12. The van der Waals surface area contributed by atoms with Crippen molar-refractivity contribution in [3.05, 3.63) is 0 Å². The van der Waals surface area contributed by atoms with Gasteiger partial charge in [0.25, 0.3) is 0 Å². The number of aliphatic hydroxyl groups excluding tert-OH is 1. The molecule has 2 amide bonds. The number of nitrogens with one attached hydrogen (secondary N) is 1. The lowest BCUT2D eigenvalue weighted by Crippen LogP contribution is -2.43. The summed E-state index contributed by atoms with van der Waals surface area (Å²) in [6.07, 6.45) is -0.326. The average molecular weight is 259 g/mol. The molecule has 0 spiro atoms. The fraction of sp³-hybridized carbons (Fsp3) is 0.818. The van der Waals surface area contributed by atoms with Crippen LogP contribution in [0.1, 0.15) is 12.8 Å². The molecule has 1 aliphatic heterocycles. The fourth-order valence-corrected chi connectivity index (χ4v) is 1.68. The summed E-state index contributed by atoms with van der Waals surface area (Å²) in [7, 11) is 0. The van der Waals surface area contributed by atoms with Gasteiger partial charge in [-0.1, -0.05) is 0 Å². The number of nitrogens with zero attached hydrogens (tertiary/aromatic N) is 1. The van der Waals surface area contributed by atoms with E-state index in [-0.39, 0.29) is 12.3 Å². The molecule has 0 aliphatic carbocycles. The third-order valence-electron chi connectivity index (χ3n) is 2.78. The summed E-state index contributed by atoms with van der Waals surface area (Å²) in [4.78, 5) is 24.1. The summed E-state index contributed by atoms with van der Waals surface area (Å²) < 4.78 is 5.18. The van der Waals surface area contributed by atoms with Crippen LogP contribution in [0.5, 0.6) is 0 Å². The Morgan fingerprint density at radius 2 is 2.06 bits per heavy atom. The molecule has 1 atom stereocenters. The van der Waals surface area contributed by atoms with Gasteiger partial charge >= 0.3 is 0 Å². The van der Waals surface area contributed by atoms with E-state index in [2.05, 4.69) is 5.32 Å². The summed E-state index contributed by atoms with van der Waals surface area (Å²) in [6, 6.07) is 0. The second kappa shape index (κ2) is 8.02. The fourth-order valence-electron chi connectivity index (χ4n) is 1.68. The standard InChI is InChI=1S/C11H21N3O4/c12-11(17)9(15)2-1-3-13-10(16)8-14-4-6-18-7-5-14/h9,15H,1-8H2,(H2,12,17)(H,13,16). The van der Waals surface area contributed by atoms with Crippen LogP contribution in [0.15, 0.2) is 0 Å². The summed E-state index contributed by atoms with van der Waals surface area (Å²) in [6.45, 7) is 3.67. The zero-order valence-electron chi connectivity index (χ0n) is 10.4. The Labute approximate surface area is 106 Å². The third-order valence-corrected chi connectivity index (χ3v) is 2.78. The summed E-state index contributed by atoms with van der Waals surface area (Å²) in [5, 5.41) is 11.9. The Balaban J connectivity index is 2.04. The lowest BCUT2D eigenvalue weighted by Gasteiger charge is -2.25. The Kier molecular flexibility index (Phi) is 6.63. The molecule has 4 N–H and O–H groups in total. The van der Waals surface area contributed by atoms with Crippen molar-refractivity contribution in [2.75, 3.05) is 39.4 Å². The maximum Gasteiger partial charge on any atom is 0.246 e. The van der Waals surface area contributed by atoms with Gasteiger partial charge in [-0.05, 0) is 12.8 Å². The van der Waals surface area contributed by atoms with Crippen molar-refractivity contribution < 1.29 is 19.4 Å². The largest absolute Gasteiger partial charge is 0.383 e. The van der Waals surface area contributed by atoms with Crippen molar-refractivity contribution in [3.8, 4) is 0 Å². The zero-order valence-corrected chi connectivity index (χ0v) is 10.4. The van der Waals surface area contributed by atoms with Crippen molar-refractivity contribution in [2.45, 2.75) is 18.9 Å². The zero-order chi connectivity index (χ0) is 13.4. The summed E-state index contributed by atoms with van der Waals surface area (Å²) >= 11 is 0.